The summed E-state index contributed by atoms with van der Waals surface area (Å²) in [6.45, 7) is 3.97. The first kappa shape index (κ1) is 23.3. The van der Waals surface area contributed by atoms with Gasteiger partial charge in [-0.3, -0.25) is 4.79 Å². The number of hydrogen-bond donors (Lipinski definition) is 0. The number of para-hydroxylation sites is 1. The van der Waals surface area contributed by atoms with Crippen molar-refractivity contribution in [3.63, 3.8) is 0 Å². The van der Waals surface area contributed by atoms with Gasteiger partial charge in [0.25, 0.3) is 0 Å². The van der Waals surface area contributed by atoms with E-state index in [1.165, 1.54) is 56.9 Å². The summed E-state index contributed by atoms with van der Waals surface area (Å²) < 4.78 is 7.45. The number of benzene rings is 2. The number of aromatic nitrogens is 1. The van der Waals surface area contributed by atoms with Crippen molar-refractivity contribution in [3.05, 3.63) is 71.4 Å². The number of carbonyl (C=O) groups excluding carboxylic acids is 1. The van der Waals surface area contributed by atoms with Crippen LogP contribution in [-0.4, -0.2) is 24.1 Å². The van der Waals surface area contributed by atoms with E-state index in [-0.39, 0.29) is 5.78 Å². The first-order valence-corrected chi connectivity index (χ1v) is 11.9. The van der Waals surface area contributed by atoms with Crippen LogP contribution in [0.1, 0.15) is 79.4 Å². The van der Waals surface area contributed by atoms with E-state index in [4.69, 9.17) is 4.74 Å². The maximum absolute atomic E-state index is 13.2. The Morgan fingerprint density at radius 1 is 0.774 bits per heavy atom. The third-order valence-electron chi connectivity index (χ3n) is 6.22. The molecule has 0 unspecified atom stereocenters. The monoisotopic (exact) mass is 419 g/mol. The molecule has 0 fully saturated rings. The van der Waals surface area contributed by atoms with Crippen molar-refractivity contribution in [2.75, 3.05) is 13.7 Å². The number of ether oxygens (including phenoxy) is 1. The van der Waals surface area contributed by atoms with E-state index in [1.54, 1.807) is 7.11 Å². The predicted octanol–water partition coefficient (Wildman–Crippen LogP) is 7.34. The molecule has 3 nitrogen and oxygen atoms in total. The summed E-state index contributed by atoms with van der Waals surface area (Å²) in [6, 6.07) is 18.0. The van der Waals surface area contributed by atoms with Crippen molar-refractivity contribution in [1.29, 1.82) is 0 Å². The van der Waals surface area contributed by atoms with Gasteiger partial charge in [0, 0.05) is 42.4 Å². The molecule has 3 aromatic rings. The van der Waals surface area contributed by atoms with Crippen LogP contribution in [0.2, 0.25) is 0 Å². The lowest BCUT2D eigenvalue weighted by Crippen LogP contribution is -2.05. The summed E-state index contributed by atoms with van der Waals surface area (Å²) in [5, 5.41) is 1.07. The summed E-state index contributed by atoms with van der Waals surface area (Å²) in [4.78, 5) is 13.2. The maximum atomic E-state index is 13.2. The van der Waals surface area contributed by atoms with Crippen LogP contribution in [0.5, 0.6) is 0 Å². The van der Waals surface area contributed by atoms with Crippen LogP contribution in [0.25, 0.3) is 10.9 Å². The molecule has 0 amide bonds. The Labute approximate surface area is 187 Å². The SMILES string of the molecule is COCCCCCCCCCCCn1c(C)c(C(=O)c2ccccc2)c2ccccc21. The van der Waals surface area contributed by atoms with E-state index in [9.17, 15) is 4.79 Å². The number of ketones is 1. The van der Waals surface area contributed by atoms with Gasteiger partial charge in [0.15, 0.2) is 5.78 Å². The van der Waals surface area contributed by atoms with Crippen LogP contribution < -0.4 is 0 Å². The molecule has 3 rings (SSSR count). The van der Waals surface area contributed by atoms with Gasteiger partial charge >= 0.3 is 0 Å². The molecule has 0 aliphatic heterocycles. The predicted molar refractivity (Wildman–Crippen MR) is 130 cm³/mol. The van der Waals surface area contributed by atoms with Crippen LogP contribution in [0.4, 0.5) is 0 Å². The van der Waals surface area contributed by atoms with Gasteiger partial charge in [-0.25, -0.2) is 0 Å². The van der Waals surface area contributed by atoms with Crippen LogP contribution >= 0.6 is 0 Å². The van der Waals surface area contributed by atoms with Crippen molar-refractivity contribution in [2.45, 2.75) is 71.3 Å². The molecule has 0 aliphatic rings. The van der Waals surface area contributed by atoms with E-state index < -0.39 is 0 Å². The van der Waals surface area contributed by atoms with Gasteiger partial charge in [0.05, 0.1) is 5.56 Å². The fourth-order valence-corrected chi connectivity index (χ4v) is 4.49. The first-order chi connectivity index (χ1) is 15.2. The summed E-state index contributed by atoms with van der Waals surface area (Å²) in [7, 11) is 1.78. The standard InChI is InChI=1S/C28H37NO2/c1-23-27(28(30)24-17-11-10-12-18-24)25-19-13-14-20-26(25)29(23)21-15-8-6-4-3-5-7-9-16-22-31-2/h10-14,17-20H,3-9,15-16,21-22H2,1-2H3. The number of hydrogen-bond acceptors (Lipinski definition) is 2. The van der Waals surface area contributed by atoms with Crippen molar-refractivity contribution in [1.82, 2.24) is 4.57 Å². The van der Waals surface area contributed by atoms with Gasteiger partial charge in [0.2, 0.25) is 0 Å². The quantitative estimate of drug-likeness (QED) is 0.202. The van der Waals surface area contributed by atoms with Crippen molar-refractivity contribution >= 4 is 16.7 Å². The number of rotatable bonds is 14. The highest BCUT2D eigenvalue weighted by Crippen LogP contribution is 2.28. The minimum Gasteiger partial charge on any atom is -0.385 e. The Morgan fingerprint density at radius 3 is 2.03 bits per heavy atom. The molecule has 0 N–H and O–H groups in total. The molecule has 0 atom stereocenters. The Balaban J connectivity index is 1.53. The average Bonchev–Trinajstić information content (AvgIpc) is 3.09. The summed E-state index contributed by atoms with van der Waals surface area (Å²) in [5.74, 6) is 0.124. The van der Waals surface area contributed by atoms with Gasteiger partial charge in [-0.1, -0.05) is 93.5 Å². The van der Waals surface area contributed by atoms with Gasteiger partial charge in [-0.05, 0) is 25.8 Å². The highest BCUT2D eigenvalue weighted by molar-refractivity contribution is 6.17. The number of fused-ring (bicyclic) bond motifs is 1. The third-order valence-corrected chi connectivity index (χ3v) is 6.22. The zero-order valence-corrected chi connectivity index (χ0v) is 19.2. The molecular formula is C28H37NO2. The lowest BCUT2D eigenvalue weighted by atomic mass is 10.0. The molecule has 3 heteroatoms. The number of nitrogens with zero attached hydrogens (tertiary/aromatic N) is 1. The molecule has 0 aliphatic carbocycles. The lowest BCUT2D eigenvalue weighted by Gasteiger charge is -2.09. The number of unbranched alkanes of at least 4 members (excludes halogenated alkanes) is 8. The molecular weight excluding hydrogens is 382 g/mol. The number of carbonyl (C=O) groups is 1. The fourth-order valence-electron chi connectivity index (χ4n) is 4.49. The topological polar surface area (TPSA) is 31.2 Å². The Kier molecular flexibility index (Phi) is 9.36. The lowest BCUT2D eigenvalue weighted by molar-refractivity contribution is 0.103. The first-order valence-electron chi connectivity index (χ1n) is 11.9. The molecule has 0 bridgehead atoms. The summed E-state index contributed by atoms with van der Waals surface area (Å²) >= 11 is 0. The maximum Gasteiger partial charge on any atom is 0.195 e. The Hall–Kier alpha value is -2.39. The molecule has 31 heavy (non-hydrogen) atoms. The van der Waals surface area contributed by atoms with E-state index in [0.29, 0.717) is 0 Å². The molecule has 1 heterocycles. The molecule has 0 saturated carbocycles. The van der Waals surface area contributed by atoms with E-state index >= 15 is 0 Å². The summed E-state index contributed by atoms with van der Waals surface area (Å²) in [6.07, 6.45) is 11.5. The third kappa shape index (κ3) is 6.30. The van der Waals surface area contributed by atoms with Crippen molar-refractivity contribution in [2.24, 2.45) is 0 Å². The van der Waals surface area contributed by atoms with Gasteiger partial charge < -0.3 is 9.30 Å². The number of aryl methyl sites for hydroxylation is 1. The summed E-state index contributed by atoms with van der Waals surface area (Å²) in [5.41, 5.74) is 3.88. The van der Waals surface area contributed by atoms with Gasteiger partial charge in [-0.15, -0.1) is 0 Å². The van der Waals surface area contributed by atoms with Gasteiger partial charge in [0.1, 0.15) is 0 Å². The largest absolute Gasteiger partial charge is 0.385 e. The molecule has 0 saturated heterocycles. The Morgan fingerprint density at radius 2 is 1.35 bits per heavy atom. The minimum atomic E-state index is 0.124. The smallest absolute Gasteiger partial charge is 0.195 e. The highest BCUT2D eigenvalue weighted by atomic mass is 16.5. The van der Waals surface area contributed by atoms with E-state index in [1.807, 2.05) is 36.4 Å². The molecule has 1 aromatic heterocycles. The van der Waals surface area contributed by atoms with Crippen molar-refractivity contribution < 1.29 is 9.53 Å². The van der Waals surface area contributed by atoms with Crippen LogP contribution in [0, 0.1) is 6.92 Å². The zero-order chi connectivity index (χ0) is 21.9. The van der Waals surface area contributed by atoms with Crippen LogP contribution in [0.3, 0.4) is 0 Å². The van der Waals surface area contributed by atoms with Crippen molar-refractivity contribution in [3.8, 4) is 0 Å². The van der Waals surface area contributed by atoms with E-state index in [2.05, 4.69) is 29.7 Å². The minimum absolute atomic E-state index is 0.124. The fraction of sp³-hybridized carbons (Fsp3) is 0.464. The number of methoxy groups -OCH3 is 1. The molecule has 0 spiro atoms. The van der Waals surface area contributed by atoms with Crippen LogP contribution in [-0.2, 0) is 11.3 Å². The normalized spacial score (nSPS) is 11.3. The second kappa shape index (κ2) is 12.5. The second-order valence-corrected chi connectivity index (χ2v) is 8.50. The molecule has 166 valence electrons. The average molecular weight is 420 g/mol. The molecule has 2 aromatic carbocycles. The highest BCUT2D eigenvalue weighted by Gasteiger charge is 2.20. The van der Waals surface area contributed by atoms with E-state index in [0.717, 1.165) is 41.8 Å². The zero-order valence-electron chi connectivity index (χ0n) is 19.2. The Bertz CT molecular complexity index is 942. The van der Waals surface area contributed by atoms with Crippen LogP contribution in [0.15, 0.2) is 54.6 Å². The molecule has 0 radical (unpaired) electrons. The second-order valence-electron chi connectivity index (χ2n) is 8.50. The van der Waals surface area contributed by atoms with Gasteiger partial charge in [-0.2, -0.15) is 0 Å².